The zero-order valence-electron chi connectivity index (χ0n) is 16.4. The molecule has 2 rings (SSSR count). The molecule has 2 aromatic rings. The third kappa shape index (κ3) is 5.56. The fraction of sp³-hybridized carbons (Fsp3) is 0.474. The molecule has 28 heavy (non-hydrogen) atoms. The second kappa shape index (κ2) is 9.70. The van der Waals surface area contributed by atoms with Gasteiger partial charge in [0.2, 0.25) is 15.9 Å². The van der Waals surface area contributed by atoms with E-state index < -0.39 is 15.6 Å². The van der Waals surface area contributed by atoms with E-state index in [-0.39, 0.29) is 23.4 Å². The Hall–Kier alpha value is -2.39. The fourth-order valence-corrected chi connectivity index (χ4v) is 4.34. The van der Waals surface area contributed by atoms with E-state index in [0.29, 0.717) is 25.9 Å². The van der Waals surface area contributed by atoms with Crippen molar-refractivity contribution >= 4 is 15.9 Å². The number of nitrogens with zero attached hydrogens (tertiary/aromatic N) is 2. The molecular formula is C19H27N3O5S. The smallest absolute Gasteiger partial charge is 0.251 e. The normalized spacial score (nSPS) is 12.9. The average Bonchev–Trinajstić information content (AvgIpc) is 3.16. The van der Waals surface area contributed by atoms with Crippen LogP contribution in [0.25, 0.3) is 0 Å². The number of aryl methyl sites for hydroxylation is 1. The van der Waals surface area contributed by atoms with Crippen LogP contribution in [-0.4, -0.2) is 42.3 Å². The van der Waals surface area contributed by atoms with Crippen LogP contribution in [-0.2, 0) is 27.8 Å². The molecular weight excluding hydrogens is 382 g/mol. The molecule has 1 unspecified atom stereocenters. The summed E-state index contributed by atoms with van der Waals surface area (Å²) in [7, 11) is -3.70. The Kier molecular flexibility index (Phi) is 7.59. The van der Waals surface area contributed by atoms with Crippen LogP contribution in [0.15, 0.2) is 50.8 Å². The zero-order chi connectivity index (χ0) is 20.7. The highest BCUT2D eigenvalue weighted by atomic mass is 32.2. The van der Waals surface area contributed by atoms with E-state index >= 15 is 0 Å². The molecule has 0 aliphatic heterocycles. The van der Waals surface area contributed by atoms with Gasteiger partial charge < -0.3 is 14.3 Å². The molecule has 0 bridgehead atoms. The lowest BCUT2D eigenvalue weighted by atomic mass is 10.1. The van der Waals surface area contributed by atoms with Crippen molar-refractivity contribution in [3.05, 3.63) is 52.8 Å². The minimum absolute atomic E-state index is 0.00512. The summed E-state index contributed by atoms with van der Waals surface area (Å²) < 4.78 is 32.9. The maximum Gasteiger partial charge on any atom is 0.251 e. The monoisotopic (exact) mass is 409 g/mol. The summed E-state index contributed by atoms with van der Waals surface area (Å²) in [5.74, 6) is 0.484. The number of carbonyl (C=O) groups is 1. The van der Waals surface area contributed by atoms with E-state index in [9.17, 15) is 18.0 Å². The number of aromatic nitrogens is 1. The second-order valence-corrected chi connectivity index (χ2v) is 8.44. The number of amides is 1. The summed E-state index contributed by atoms with van der Waals surface area (Å²) in [4.78, 5) is 24.4. The van der Waals surface area contributed by atoms with Gasteiger partial charge in [0.15, 0.2) is 0 Å². The first-order valence-corrected chi connectivity index (χ1v) is 10.7. The molecule has 0 spiro atoms. The van der Waals surface area contributed by atoms with Gasteiger partial charge in [-0.15, -0.1) is 0 Å². The maximum absolute atomic E-state index is 12.6. The molecule has 1 amide bonds. The van der Waals surface area contributed by atoms with Crippen molar-refractivity contribution in [1.82, 2.24) is 14.2 Å². The highest BCUT2D eigenvalue weighted by Crippen LogP contribution is 2.13. The summed E-state index contributed by atoms with van der Waals surface area (Å²) in [6.07, 6.45) is 4.20. The highest BCUT2D eigenvalue weighted by Gasteiger charge is 2.22. The fourth-order valence-electron chi connectivity index (χ4n) is 2.86. The van der Waals surface area contributed by atoms with Crippen LogP contribution in [0.2, 0.25) is 0 Å². The van der Waals surface area contributed by atoms with Gasteiger partial charge in [0.25, 0.3) is 5.56 Å². The van der Waals surface area contributed by atoms with E-state index in [1.54, 1.807) is 20.1 Å². The summed E-state index contributed by atoms with van der Waals surface area (Å²) in [5, 5.41) is 2.82. The van der Waals surface area contributed by atoms with Gasteiger partial charge in [-0.1, -0.05) is 13.8 Å². The number of hydrogen-bond acceptors (Lipinski definition) is 5. The van der Waals surface area contributed by atoms with Crippen molar-refractivity contribution in [2.24, 2.45) is 0 Å². The lowest BCUT2D eigenvalue weighted by molar-refractivity contribution is -0.122. The van der Waals surface area contributed by atoms with Gasteiger partial charge in [0, 0.05) is 37.8 Å². The van der Waals surface area contributed by atoms with Crippen molar-refractivity contribution < 1.29 is 17.6 Å². The quantitative estimate of drug-likeness (QED) is 0.642. The van der Waals surface area contributed by atoms with E-state index in [1.807, 2.05) is 19.1 Å². The van der Waals surface area contributed by atoms with E-state index in [1.165, 1.54) is 22.6 Å². The first-order valence-electron chi connectivity index (χ1n) is 9.30. The first-order chi connectivity index (χ1) is 13.3. The van der Waals surface area contributed by atoms with Gasteiger partial charge >= 0.3 is 0 Å². The topological polar surface area (TPSA) is 102 Å². The molecule has 9 heteroatoms. The summed E-state index contributed by atoms with van der Waals surface area (Å²) in [5.41, 5.74) is -0.433. The van der Waals surface area contributed by atoms with Crippen molar-refractivity contribution in [1.29, 1.82) is 0 Å². The number of carbonyl (C=O) groups excluding carboxylic acids is 1. The predicted molar refractivity (Wildman–Crippen MR) is 105 cm³/mol. The molecule has 154 valence electrons. The Labute approximate surface area is 165 Å². The van der Waals surface area contributed by atoms with Crippen molar-refractivity contribution in [3.63, 3.8) is 0 Å². The third-order valence-corrected chi connectivity index (χ3v) is 6.46. The molecule has 8 nitrogen and oxygen atoms in total. The van der Waals surface area contributed by atoms with Gasteiger partial charge in [-0.2, -0.15) is 4.31 Å². The number of hydrogen-bond donors (Lipinski definition) is 1. The van der Waals surface area contributed by atoms with Gasteiger partial charge in [-0.05, 0) is 31.5 Å². The molecule has 2 aromatic heterocycles. The Morgan fingerprint density at radius 3 is 2.57 bits per heavy atom. The Balaban J connectivity index is 2.04. The maximum atomic E-state index is 12.6. The molecule has 0 saturated heterocycles. The van der Waals surface area contributed by atoms with Crippen LogP contribution in [0.4, 0.5) is 0 Å². The van der Waals surface area contributed by atoms with Crippen LogP contribution >= 0.6 is 0 Å². The first kappa shape index (κ1) is 21.9. The van der Waals surface area contributed by atoms with Gasteiger partial charge in [-0.25, -0.2) is 8.42 Å². The predicted octanol–water partition coefficient (Wildman–Crippen LogP) is 1.61. The summed E-state index contributed by atoms with van der Waals surface area (Å²) in [6.45, 7) is 5.76. The molecule has 2 heterocycles. The molecule has 0 fully saturated rings. The number of sulfonamides is 1. The van der Waals surface area contributed by atoms with Crippen LogP contribution in [0.5, 0.6) is 0 Å². The van der Waals surface area contributed by atoms with Crippen molar-refractivity contribution in [3.8, 4) is 0 Å². The number of rotatable bonds is 10. The van der Waals surface area contributed by atoms with Gasteiger partial charge in [0.05, 0.1) is 11.2 Å². The minimum atomic E-state index is -3.70. The third-order valence-electron chi connectivity index (χ3n) is 4.42. The van der Waals surface area contributed by atoms with Crippen LogP contribution < -0.4 is 10.9 Å². The number of nitrogens with one attached hydrogen (secondary N) is 1. The van der Waals surface area contributed by atoms with E-state index in [4.69, 9.17) is 4.42 Å². The zero-order valence-corrected chi connectivity index (χ0v) is 17.2. The molecule has 0 aliphatic carbocycles. The standard InChI is InChI=1S/C19H27N3O5S/c1-4-22(5-2)28(25,26)17-10-11-19(24)21(13-17)14-18(23)20-15(3)8-9-16-7-6-12-27-16/h6-7,10-13,15H,4-5,8-9,14H2,1-3H3,(H,20,23). The number of pyridine rings is 1. The molecule has 1 N–H and O–H groups in total. The lowest BCUT2D eigenvalue weighted by Gasteiger charge is -2.19. The second-order valence-electron chi connectivity index (χ2n) is 6.51. The van der Waals surface area contributed by atoms with Crippen LogP contribution in [0.1, 0.15) is 33.0 Å². The molecule has 0 aromatic carbocycles. The number of furan rings is 1. The molecule has 0 saturated carbocycles. The summed E-state index contributed by atoms with van der Waals surface area (Å²) >= 11 is 0. The highest BCUT2D eigenvalue weighted by molar-refractivity contribution is 7.89. The Bertz CT molecular complexity index is 931. The lowest BCUT2D eigenvalue weighted by Crippen LogP contribution is -2.38. The molecule has 1 atom stereocenters. The molecule has 0 aliphatic rings. The largest absolute Gasteiger partial charge is 0.469 e. The Morgan fingerprint density at radius 2 is 1.96 bits per heavy atom. The SMILES string of the molecule is CCN(CC)S(=O)(=O)c1ccc(=O)n(CC(=O)NC(C)CCc2ccco2)c1. The van der Waals surface area contributed by atoms with Crippen LogP contribution in [0.3, 0.4) is 0 Å². The van der Waals surface area contributed by atoms with Crippen LogP contribution in [0, 0.1) is 0 Å². The summed E-state index contributed by atoms with van der Waals surface area (Å²) in [6, 6.07) is 6.01. The van der Waals surface area contributed by atoms with E-state index in [2.05, 4.69) is 5.32 Å². The van der Waals surface area contributed by atoms with Crippen molar-refractivity contribution in [2.45, 2.75) is 51.1 Å². The molecule has 0 radical (unpaired) electrons. The van der Waals surface area contributed by atoms with E-state index in [0.717, 1.165) is 10.3 Å². The average molecular weight is 410 g/mol. The van der Waals surface area contributed by atoms with Crippen molar-refractivity contribution in [2.75, 3.05) is 13.1 Å². The van der Waals surface area contributed by atoms with Gasteiger partial charge in [-0.3, -0.25) is 9.59 Å². The van der Waals surface area contributed by atoms with Gasteiger partial charge in [0.1, 0.15) is 12.3 Å². The Morgan fingerprint density at radius 1 is 1.25 bits per heavy atom. The minimum Gasteiger partial charge on any atom is -0.469 e.